The van der Waals surface area contributed by atoms with Crippen molar-refractivity contribution in [2.45, 2.75) is 38.1 Å². The maximum absolute atomic E-state index is 12.2. The third-order valence-corrected chi connectivity index (χ3v) is 4.43. The van der Waals surface area contributed by atoms with Gasteiger partial charge in [0.15, 0.2) is 0 Å². The van der Waals surface area contributed by atoms with Gasteiger partial charge in [0.2, 0.25) is 0 Å². The summed E-state index contributed by atoms with van der Waals surface area (Å²) in [7, 11) is 0. The summed E-state index contributed by atoms with van der Waals surface area (Å²) in [5.41, 5.74) is 2.31. The second kappa shape index (κ2) is 6.43. The van der Waals surface area contributed by atoms with Crippen LogP contribution in [-0.4, -0.2) is 22.1 Å². The van der Waals surface area contributed by atoms with Crippen LogP contribution < -0.4 is 5.32 Å². The summed E-state index contributed by atoms with van der Waals surface area (Å²) in [6, 6.07) is 10.00. The van der Waals surface area contributed by atoms with Crippen LogP contribution in [-0.2, 0) is 0 Å². The molecule has 0 atom stereocenters. The van der Waals surface area contributed by atoms with Gasteiger partial charge in [-0.15, -0.1) is 0 Å². The second-order valence-corrected chi connectivity index (χ2v) is 6.40. The topological polar surface area (TPSA) is 57.8 Å². The van der Waals surface area contributed by atoms with E-state index in [1.807, 2.05) is 24.3 Å². The summed E-state index contributed by atoms with van der Waals surface area (Å²) in [6.07, 6.45) is 5.86. The minimum atomic E-state index is -0.0576. The summed E-state index contributed by atoms with van der Waals surface area (Å²) < 4.78 is 1.03. The van der Waals surface area contributed by atoms with E-state index in [1.54, 1.807) is 6.07 Å². The fraction of sp³-hybridized carbons (Fsp3) is 0.375. The molecule has 1 aromatic heterocycles. The first-order chi connectivity index (χ1) is 10.2. The third-order valence-electron chi connectivity index (χ3n) is 3.90. The highest BCUT2D eigenvalue weighted by Crippen LogP contribution is 2.21. The van der Waals surface area contributed by atoms with E-state index in [4.69, 9.17) is 0 Å². The molecule has 1 fully saturated rings. The molecule has 1 aromatic carbocycles. The lowest BCUT2D eigenvalue weighted by Crippen LogP contribution is -2.36. The number of carbonyl (C=O) groups is 1. The molecule has 5 heteroatoms. The minimum Gasteiger partial charge on any atom is -0.348 e. The molecule has 1 aliphatic rings. The molecular weight excluding hydrogens is 330 g/mol. The Labute approximate surface area is 132 Å². The molecule has 1 amide bonds. The molecular formula is C16H18BrN3O. The highest BCUT2D eigenvalue weighted by molar-refractivity contribution is 9.10. The van der Waals surface area contributed by atoms with Gasteiger partial charge < -0.3 is 5.32 Å². The van der Waals surface area contributed by atoms with Crippen molar-refractivity contribution in [3.63, 3.8) is 0 Å². The number of hydrogen-bond acceptors (Lipinski definition) is 2. The van der Waals surface area contributed by atoms with E-state index in [0.29, 0.717) is 11.7 Å². The number of benzene rings is 1. The van der Waals surface area contributed by atoms with Crippen molar-refractivity contribution >= 4 is 21.8 Å². The van der Waals surface area contributed by atoms with Crippen LogP contribution in [0.15, 0.2) is 34.8 Å². The highest BCUT2D eigenvalue weighted by atomic mass is 79.9. The average molecular weight is 348 g/mol. The zero-order valence-electron chi connectivity index (χ0n) is 11.7. The standard InChI is InChI=1S/C16H18BrN3O/c17-12-8-6-11(7-9-12)14-10-15(20-19-14)16(21)18-13-4-2-1-3-5-13/h6-10,13H,1-5H2,(H,18,21)(H,19,20). The molecule has 1 saturated carbocycles. The van der Waals surface area contributed by atoms with Gasteiger partial charge >= 0.3 is 0 Å². The maximum Gasteiger partial charge on any atom is 0.269 e. The molecule has 4 nitrogen and oxygen atoms in total. The highest BCUT2D eigenvalue weighted by Gasteiger charge is 2.18. The molecule has 21 heavy (non-hydrogen) atoms. The molecule has 0 spiro atoms. The molecule has 1 heterocycles. The van der Waals surface area contributed by atoms with E-state index < -0.39 is 0 Å². The van der Waals surface area contributed by atoms with Gasteiger partial charge in [-0.05, 0) is 31.0 Å². The normalized spacial score (nSPS) is 15.9. The number of nitrogens with zero attached hydrogens (tertiary/aromatic N) is 1. The van der Waals surface area contributed by atoms with Crippen molar-refractivity contribution in [2.75, 3.05) is 0 Å². The predicted octanol–water partition coefficient (Wildman–Crippen LogP) is 3.90. The monoisotopic (exact) mass is 347 g/mol. The van der Waals surface area contributed by atoms with Crippen LogP contribution in [0.4, 0.5) is 0 Å². The molecule has 3 rings (SSSR count). The Balaban J connectivity index is 1.69. The van der Waals surface area contributed by atoms with Gasteiger partial charge in [-0.3, -0.25) is 9.89 Å². The Kier molecular flexibility index (Phi) is 4.39. The number of aromatic amines is 1. The van der Waals surface area contributed by atoms with Crippen molar-refractivity contribution in [1.82, 2.24) is 15.5 Å². The maximum atomic E-state index is 12.2. The van der Waals surface area contributed by atoms with Crippen LogP contribution >= 0.6 is 15.9 Å². The van der Waals surface area contributed by atoms with Crippen LogP contribution in [0, 0.1) is 0 Å². The van der Waals surface area contributed by atoms with Crippen molar-refractivity contribution in [3.05, 3.63) is 40.5 Å². The number of amides is 1. The summed E-state index contributed by atoms with van der Waals surface area (Å²) in [5.74, 6) is -0.0576. The van der Waals surface area contributed by atoms with Crippen LogP contribution in [0.3, 0.4) is 0 Å². The SMILES string of the molecule is O=C(NC1CCCCC1)c1cc(-c2ccc(Br)cc2)n[nH]1. The van der Waals surface area contributed by atoms with Gasteiger partial charge in [-0.2, -0.15) is 5.10 Å². The molecule has 0 saturated heterocycles. The largest absolute Gasteiger partial charge is 0.348 e. The van der Waals surface area contributed by atoms with E-state index >= 15 is 0 Å². The van der Waals surface area contributed by atoms with Crippen LogP contribution in [0.1, 0.15) is 42.6 Å². The van der Waals surface area contributed by atoms with Gasteiger partial charge in [0.1, 0.15) is 5.69 Å². The fourth-order valence-electron chi connectivity index (χ4n) is 2.72. The van der Waals surface area contributed by atoms with Crippen molar-refractivity contribution in [1.29, 1.82) is 0 Å². The summed E-state index contributed by atoms with van der Waals surface area (Å²) in [6.45, 7) is 0. The van der Waals surface area contributed by atoms with Gasteiger partial charge in [0.05, 0.1) is 5.69 Å². The second-order valence-electron chi connectivity index (χ2n) is 5.48. The van der Waals surface area contributed by atoms with E-state index in [9.17, 15) is 4.79 Å². The summed E-state index contributed by atoms with van der Waals surface area (Å²) >= 11 is 3.41. The molecule has 110 valence electrons. The first-order valence-electron chi connectivity index (χ1n) is 7.34. The smallest absolute Gasteiger partial charge is 0.269 e. The summed E-state index contributed by atoms with van der Waals surface area (Å²) in [4.78, 5) is 12.2. The number of nitrogens with one attached hydrogen (secondary N) is 2. The summed E-state index contributed by atoms with van der Waals surface area (Å²) in [5, 5.41) is 10.2. The number of halogens is 1. The van der Waals surface area contributed by atoms with Crippen molar-refractivity contribution < 1.29 is 4.79 Å². The lowest BCUT2D eigenvalue weighted by molar-refractivity contribution is 0.0922. The number of aromatic nitrogens is 2. The van der Waals surface area contributed by atoms with Crippen molar-refractivity contribution in [3.8, 4) is 11.3 Å². The molecule has 0 radical (unpaired) electrons. The molecule has 1 aliphatic carbocycles. The number of hydrogen-bond donors (Lipinski definition) is 2. The number of rotatable bonds is 3. The first kappa shape index (κ1) is 14.3. The molecule has 0 unspecified atom stereocenters. The van der Waals surface area contributed by atoms with Crippen LogP contribution in [0.25, 0.3) is 11.3 Å². The lowest BCUT2D eigenvalue weighted by Gasteiger charge is -2.22. The zero-order valence-corrected chi connectivity index (χ0v) is 13.3. The third kappa shape index (κ3) is 3.53. The lowest BCUT2D eigenvalue weighted by atomic mass is 9.95. The Morgan fingerprint density at radius 1 is 1.19 bits per heavy atom. The van der Waals surface area contributed by atoms with Crippen molar-refractivity contribution in [2.24, 2.45) is 0 Å². The Morgan fingerprint density at radius 3 is 2.62 bits per heavy atom. The Bertz CT molecular complexity index is 615. The Morgan fingerprint density at radius 2 is 1.90 bits per heavy atom. The number of H-pyrrole nitrogens is 1. The van der Waals surface area contributed by atoms with Gasteiger partial charge in [0.25, 0.3) is 5.91 Å². The number of carbonyl (C=O) groups excluding carboxylic acids is 1. The van der Waals surface area contributed by atoms with E-state index in [0.717, 1.165) is 28.6 Å². The molecule has 0 bridgehead atoms. The molecule has 2 N–H and O–H groups in total. The molecule has 2 aromatic rings. The first-order valence-corrected chi connectivity index (χ1v) is 8.14. The average Bonchev–Trinajstić information content (AvgIpc) is 2.99. The zero-order chi connectivity index (χ0) is 14.7. The molecule has 0 aliphatic heterocycles. The van der Waals surface area contributed by atoms with Gasteiger partial charge in [-0.25, -0.2) is 0 Å². The van der Waals surface area contributed by atoms with E-state index in [2.05, 4.69) is 31.4 Å². The Hall–Kier alpha value is -1.62. The van der Waals surface area contributed by atoms with Crippen LogP contribution in [0.5, 0.6) is 0 Å². The van der Waals surface area contributed by atoms with E-state index in [-0.39, 0.29) is 5.91 Å². The van der Waals surface area contributed by atoms with E-state index in [1.165, 1.54) is 19.3 Å². The predicted molar refractivity (Wildman–Crippen MR) is 86.1 cm³/mol. The van der Waals surface area contributed by atoms with Gasteiger partial charge in [-0.1, -0.05) is 47.3 Å². The fourth-order valence-corrected chi connectivity index (χ4v) is 2.98. The van der Waals surface area contributed by atoms with Gasteiger partial charge in [0, 0.05) is 16.1 Å². The quantitative estimate of drug-likeness (QED) is 0.884. The minimum absolute atomic E-state index is 0.0576. The van der Waals surface area contributed by atoms with Crippen LogP contribution in [0.2, 0.25) is 0 Å².